The summed E-state index contributed by atoms with van der Waals surface area (Å²) in [6, 6.07) is 9.33. The van der Waals surface area contributed by atoms with Gasteiger partial charge >= 0.3 is 0 Å². The first-order valence-electron chi connectivity index (χ1n) is 7.95. The fourth-order valence-electron chi connectivity index (χ4n) is 2.89. The number of fused-ring (bicyclic) bond motifs is 1. The molecule has 1 aromatic heterocycles. The molecule has 2 N–H and O–H groups in total. The van der Waals surface area contributed by atoms with E-state index in [1.54, 1.807) is 17.2 Å². The summed E-state index contributed by atoms with van der Waals surface area (Å²) in [6.45, 7) is 2.47. The van der Waals surface area contributed by atoms with E-state index in [1.165, 1.54) is 6.08 Å². The third-order valence-corrected chi connectivity index (χ3v) is 4.17. The van der Waals surface area contributed by atoms with E-state index in [1.807, 2.05) is 28.8 Å². The van der Waals surface area contributed by atoms with Gasteiger partial charge in [-0.3, -0.25) is 9.59 Å². The lowest BCUT2D eigenvalue weighted by Gasteiger charge is -2.27. The van der Waals surface area contributed by atoms with Gasteiger partial charge in [-0.05, 0) is 12.1 Å². The number of nitriles is 1. The van der Waals surface area contributed by atoms with E-state index >= 15 is 0 Å². The molecule has 0 unspecified atom stereocenters. The minimum Gasteiger partial charge on any atom is -0.378 e. The molecule has 2 aromatic rings. The highest BCUT2D eigenvalue weighted by atomic mass is 16.5. The molecule has 0 aliphatic carbocycles. The van der Waals surface area contributed by atoms with E-state index in [4.69, 9.17) is 15.7 Å². The van der Waals surface area contributed by atoms with E-state index in [-0.39, 0.29) is 18.0 Å². The van der Waals surface area contributed by atoms with Crippen molar-refractivity contribution in [2.45, 2.75) is 6.54 Å². The largest absolute Gasteiger partial charge is 0.378 e. The summed E-state index contributed by atoms with van der Waals surface area (Å²) in [5.74, 6) is -0.765. The number of primary amides is 1. The Balaban J connectivity index is 1.95. The molecule has 1 aromatic carbocycles. The van der Waals surface area contributed by atoms with Crippen molar-refractivity contribution in [1.82, 2.24) is 9.47 Å². The summed E-state index contributed by atoms with van der Waals surface area (Å²) < 4.78 is 7.10. The lowest BCUT2D eigenvalue weighted by atomic mass is 10.1. The number of amides is 2. The first kappa shape index (κ1) is 16.7. The Morgan fingerprint density at radius 2 is 2.00 bits per heavy atom. The number of para-hydroxylation sites is 1. The highest BCUT2D eigenvalue weighted by Gasteiger charge is 2.18. The Morgan fingerprint density at radius 3 is 2.68 bits per heavy atom. The van der Waals surface area contributed by atoms with Crippen molar-refractivity contribution < 1.29 is 14.3 Å². The fourth-order valence-corrected chi connectivity index (χ4v) is 2.89. The van der Waals surface area contributed by atoms with Gasteiger partial charge in [-0.15, -0.1) is 0 Å². The van der Waals surface area contributed by atoms with Gasteiger partial charge in [-0.25, -0.2) is 0 Å². The van der Waals surface area contributed by atoms with Crippen LogP contribution in [0, 0.1) is 11.3 Å². The van der Waals surface area contributed by atoms with Crippen LogP contribution in [0.5, 0.6) is 0 Å². The van der Waals surface area contributed by atoms with Crippen LogP contribution < -0.4 is 5.73 Å². The van der Waals surface area contributed by atoms with Crippen molar-refractivity contribution in [1.29, 1.82) is 5.26 Å². The lowest BCUT2D eigenvalue weighted by Crippen LogP contribution is -2.42. The van der Waals surface area contributed by atoms with Gasteiger partial charge in [0.25, 0.3) is 5.91 Å². The molecule has 1 saturated heterocycles. The van der Waals surface area contributed by atoms with E-state index in [0.717, 1.165) is 10.9 Å². The number of nitrogens with two attached hydrogens (primary N) is 1. The maximum Gasteiger partial charge on any atom is 0.259 e. The normalized spacial score (nSPS) is 15.2. The van der Waals surface area contributed by atoms with Gasteiger partial charge in [-0.2, -0.15) is 5.26 Å². The van der Waals surface area contributed by atoms with Crippen LogP contribution >= 0.6 is 0 Å². The quantitative estimate of drug-likeness (QED) is 0.661. The van der Waals surface area contributed by atoms with Gasteiger partial charge in [0.05, 0.1) is 13.2 Å². The summed E-state index contributed by atoms with van der Waals surface area (Å²) in [4.78, 5) is 25.6. The summed E-state index contributed by atoms with van der Waals surface area (Å²) in [5, 5.41) is 9.91. The summed E-state index contributed by atoms with van der Waals surface area (Å²) in [5.41, 5.74) is 6.63. The number of ether oxygens (including phenoxy) is 1. The van der Waals surface area contributed by atoms with Gasteiger partial charge in [0, 0.05) is 35.8 Å². The number of nitrogens with zero attached hydrogens (tertiary/aromatic N) is 3. The van der Waals surface area contributed by atoms with Crippen LogP contribution in [0.1, 0.15) is 5.56 Å². The molecule has 0 radical (unpaired) electrons. The molecule has 0 saturated carbocycles. The minimum absolute atomic E-state index is 0.00925. The van der Waals surface area contributed by atoms with E-state index < -0.39 is 5.91 Å². The molecule has 128 valence electrons. The molecule has 0 atom stereocenters. The van der Waals surface area contributed by atoms with Crippen LogP contribution in [0.15, 0.2) is 36.0 Å². The Labute approximate surface area is 144 Å². The predicted molar refractivity (Wildman–Crippen MR) is 92.1 cm³/mol. The molecule has 1 aliphatic heterocycles. The fraction of sp³-hybridized carbons (Fsp3) is 0.278. The summed E-state index contributed by atoms with van der Waals surface area (Å²) in [6.07, 6.45) is 3.23. The highest BCUT2D eigenvalue weighted by molar-refractivity contribution is 6.03. The maximum atomic E-state index is 12.5. The number of hydrogen-bond acceptors (Lipinski definition) is 4. The number of rotatable bonds is 4. The smallest absolute Gasteiger partial charge is 0.259 e. The second-order valence-corrected chi connectivity index (χ2v) is 5.76. The second-order valence-electron chi connectivity index (χ2n) is 5.76. The highest BCUT2D eigenvalue weighted by Crippen LogP contribution is 2.23. The number of carbonyl (C=O) groups excluding carboxylic acids is 2. The second kappa shape index (κ2) is 7.20. The average molecular weight is 338 g/mol. The molecular weight excluding hydrogens is 320 g/mol. The van der Waals surface area contributed by atoms with Gasteiger partial charge < -0.3 is 19.9 Å². The zero-order valence-corrected chi connectivity index (χ0v) is 13.6. The maximum absolute atomic E-state index is 12.5. The van der Waals surface area contributed by atoms with Gasteiger partial charge in [-0.1, -0.05) is 18.2 Å². The molecule has 2 amide bonds. The van der Waals surface area contributed by atoms with Crippen molar-refractivity contribution in [2.24, 2.45) is 5.73 Å². The third-order valence-electron chi connectivity index (χ3n) is 4.17. The Morgan fingerprint density at radius 1 is 1.28 bits per heavy atom. The molecule has 7 heteroatoms. The zero-order chi connectivity index (χ0) is 17.8. The van der Waals surface area contributed by atoms with Crippen molar-refractivity contribution in [3.63, 3.8) is 0 Å². The number of benzene rings is 1. The van der Waals surface area contributed by atoms with Crippen LogP contribution in [0.25, 0.3) is 17.0 Å². The standard InChI is InChI=1S/C18H18N4O3/c19-10-13(18(20)24)9-14-11-22(16-4-2-1-3-15(14)16)12-17(23)21-5-7-25-8-6-21/h1-4,9,11H,5-8,12H2,(H2,20,24)/b13-9+. The number of morpholine rings is 1. The monoisotopic (exact) mass is 338 g/mol. The van der Waals surface area contributed by atoms with Crippen LogP contribution in [0.3, 0.4) is 0 Å². The molecular formula is C18H18N4O3. The van der Waals surface area contributed by atoms with Crippen molar-refractivity contribution >= 4 is 28.8 Å². The van der Waals surface area contributed by atoms with Crippen LogP contribution in [0.4, 0.5) is 0 Å². The Bertz CT molecular complexity index is 885. The number of carbonyl (C=O) groups is 2. The van der Waals surface area contributed by atoms with Gasteiger partial charge in [0.1, 0.15) is 18.2 Å². The van der Waals surface area contributed by atoms with E-state index in [0.29, 0.717) is 31.9 Å². The molecule has 7 nitrogen and oxygen atoms in total. The minimum atomic E-state index is -0.774. The van der Waals surface area contributed by atoms with Crippen LogP contribution in [0.2, 0.25) is 0 Å². The summed E-state index contributed by atoms with van der Waals surface area (Å²) in [7, 11) is 0. The lowest BCUT2D eigenvalue weighted by molar-refractivity contribution is -0.135. The van der Waals surface area contributed by atoms with Crippen molar-refractivity contribution in [3.05, 3.63) is 41.6 Å². The Hall–Kier alpha value is -3.11. The molecule has 1 fully saturated rings. The molecule has 25 heavy (non-hydrogen) atoms. The summed E-state index contributed by atoms with van der Waals surface area (Å²) >= 11 is 0. The van der Waals surface area contributed by atoms with Crippen LogP contribution in [-0.2, 0) is 20.9 Å². The first-order chi connectivity index (χ1) is 12.1. The average Bonchev–Trinajstić information content (AvgIpc) is 2.98. The molecule has 0 bridgehead atoms. The van der Waals surface area contributed by atoms with Gasteiger partial charge in [0.15, 0.2) is 0 Å². The SMILES string of the molecule is N#C/C(=C\c1cn(CC(=O)N2CCOCC2)c2ccccc12)C(N)=O. The molecule has 0 spiro atoms. The molecule has 1 aliphatic rings. The number of hydrogen-bond donors (Lipinski definition) is 1. The number of aromatic nitrogens is 1. The van der Waals surface area contributed by atoms with E-state index in [9.17, 15) is 9.59 Å². The topological polar surface area (TPSA) is 101 Å². The molecule has 3 rings (SSSR count). The zero-order valence-electron chi connectivity index (χ0n) is 13.6. The predicted octanol–water partition coefficient (Wildman–Crippen LogP) is 0.892. The Kier molecular flexibility index (Phi) is 4.82. The van der Waals surface area contributed by atoms with Gasteiger partial charge in [0.2, 0.25) is 5.91 Å². The van der Waals surface area contributed by atoms with E-state index in [2.05, 4.69) is 0 Å². The molecule has 2 heterocycles. The third kappa shape index (κ3) is 3.54. The van der Waals surface area contributed by atoms with Crippen molar-refractivity contribution in [3.8, 4) is 6.07 Å². The first-order valence-corrected chi connectivity index (χ1v) is 7.95. The van der Waals surface area contributed by atoms with Crippen molar-refractivity contribution in [2.75, 3.05) is 26.3 Å². The van der Waals surface area contributed by atoms with Crippen LogP contribution in [-0.4, -0.2) is 47.6 Å².